The Kier molecular flexibility index (Phi) is 3.35. The first kappa shape index (κ1) is 13.9. The van der Waals surface area contributed by atoms with Crippen LogP contribution < -0.4 is 0 Å². The number of hydrogen-bond donors (Lipinski definition) is 1. The number of carboxylic acid groups (broad SMARTS) is 1. The molecule has 1 aromatic carbocycles. The molecule has 0 saturated heterocycles. The minimum absolute atomic E-state index is 0.100. The Bertz CT molecular complexity index is 871. The summed E-state index contributed by atoms with van der Waals surface area (Å²) in [6, 6.07) is 8.60. The first-order chi connectivity index (χ1) is 9.97. The number of pyridine rings is 1. The molecule has 3 aromatic rings. The number of halogens is 2. The number of rotatable bonds is 2. The average Bonchev–Trinajstić information content (AvgIpc) is 2.80. The summed E-state index contributed by atoms with van der Waals surface area (Å²) in [6.07, 6.45) is 1.70. The second-order valence-electron chi connectivity index (χ2n) is 4.68. The van der Waals surface area contributed by atoms with E-state index in [4.69, 9.17) is 23.2 Å². The van der Waals surface area contributed by atoms with E-state index in [1.54, 1.807) is 28.8 Å². The van der Waals surface area contributed by atoms with Gasteiger partial charge in [-0.1, -0.05) is 29.3 Å². The summed E-state index contributed by atoms with van der Waals surface area (Å²) < 4.78 is 1.55. The molecule has 0 saturated carbocycles. The first-order valence-corrected chi connectivity index (χ1v) is 6.90. The van der Waals surface area contributed by atoms with Crippen molar-refractivity contribution in [1.29, 1.82) is 0 Å². The van der Waals surface area contributed by atoms with Gasteiger partial charge in [-0.15, -0.1) is 0 Å². The van der Waals surface area contributed by atoms with Gasteiger partial charge in [0, 0.05) is 11.8 Å². The normalized spacial score (nSPS) is 11.0. The van der Waals surface area contributed by atoms with Gasteiger partial charge in [0.05, 0.1) is 10.0 Å². The molecule has 0 bridgehead atoms. The lowest BCUT2D eigenvalue weighted by Gasteiger charge is -2.02. The molecule has 0 aliphatic rings. The third kappa shape index (κ3) is 2.37. The maximum absolute atomic E-state index is 11.6. The number of nitrogens with zero attached hydrogens (tertiary/aromatic N) is 2. The van der Waals surface area contributed by atoms with Crippen molar-refractivity contribution in [2.45, 2.75) is 6.92 Å². The second kappa shape index (κ2) is 5.06. The predicted molar refractivity (Wildman–Crippen MR) is 82.3 cm³/mol. The number of benzene rings is 1. The van der Waals surface area contributed by atoms with Gasteiger partial charge in [0.1, 0.15) is 11.3 Å². The Labute approximate surface area is 130 Å². The van der Waals surface area contributed by atoms with Crippen molar-refractivity contribution in [2.24, 2.45) is 0 Å². The smallest absolute Gasteiger partial charge is 0.355 e. The molecule has 2 heterocycles. The highest BCUT2D eigenvalue weighted by atomic mass is 35.5. The number of carbonyl (C=O) groups is 1. The highest BCUT2D eigenvalue weighted by Gasteiger charge is 2.20. The number of aromatic nitrogens is 2. The van der Waals surface area contributed by atoms with Crippen LogP contribution in [0, 0.1) is 6.92 Å². The first-order valence-electron chi connectivity index (χ1n) is 6.15. The van der Waals surface area contributed by atoms with E-state index in [0.29, 0.717) is 26.9 Å². The highest BCUT2D eigenvalue weighted by molar-refractivity contribution is 6.42. The summed E-state index contributed by atoms with van der Waals surface area (Å²) in [6.45, 7) is 1.92. The summed E-state index contributed by atoms with van der Waals surface area (Å²) in [4.78, 5) is 16.0. The van der Waals surface area contributed by atoms with E-state index in [2.05, 4.69) is 4.98 Å². The largest absolute Gasteiger partial charge is 0.476 e. The van der Waals surface area contributed by atoms with E-state index in [-0.39, 0.29) is 5.69 Å². The fourth-order valence-electron chi connectivity index (χ4n) is 2.20. The van der Waals surface area contributed by atoms with Gasteiger partial charge in [0.25, 0.3) is 0 Å². The van der Waals surface area contributed by atoms with Crippen LogP contribution in [0.25, 0.3) is 16.9 Å². The van der Waals surface area contributed by atoms with Gasteiger partial charge in [-0.2, -0.15) is 0 Å². The minimum atomic E-state index is -1.05. The van der Waals surface area contributed by atoms with Crippen LogP contribution in [0.5, 0.6) is 0 Å². The molecular formula is C15H10Cl2N2O2. The molecule has 106 valence electrons. The van der Waals surface area contributed by atoms with Crippen molar-refractivity contribution in [1.82, 2.24) is 9.38 Å². The van der Waals surface area contributed by atoms with E-state index in [1.165, 1.54) is 0 Å². The lowest BCUT2D eigenvalue weighted by Crippen LogP contribution is -2.03. The highest BCUT2D eigenvalue weighted by Crippen LogP contribution is 2.30. The zero-order chi connectivity index (χ0) is 15.1. The van der Waals surface area contributed by atoms with Gasteiger partial charge in [0.2, 0.25) is 0 Å². The number of aromatic carboxylic acids is 1. The standard InChI is InChI=1S/C15H10Cl2N2O2/c1-8-4-5-19-12(6-8)18-13(14(19)15(20)21)9-2-3-10(16)11(17)7-9/h2-7H,1H3,(H,20,21). The van der Waals surface area contributed by atoms with E-state index in [1.807, 2.05) is 19.1 Å². The minimum Gasteiger partial charge on any atom is -0.476 e. The monoisotopic (exact) mass is 320 g/mol. The summed E-state index contributed by atoms with van der Waals surface area (Å²) in [5, 5.41) is 10.3. The van der Waals surface area contributed by atoms with Crippen molar-refractivity contribution in [2.75, 3.05) is 0 Å². The maximum Gasteiger partial charge on any atom is 0.355 e. The van der Waals surface area contributed by atoms with Crippen LogP contribution in [0.3, 0.4) is 0 Å². The molecule has 3 rings (SSSR count). The van der Waals surface area contributed by atoms with Gasteiger partial charge >= 0.3 is 5.97 Å². The van der Waals surface area contributed by atoms with Crippen molar-refractivity contribution < 1.29 is 9.90 Å². The van der Waals surface area contributed by atoms with Crippen LogP contribution >= 0.6 is 23.2 Å². The topological polar surface area (TPSA) is 54.6 Å². The summed E-state index contributed by atoms with van der Waals surface area (Å²) in [5.41, 5.74) is 2.66. The van der Waals surface area contributed by atoms with E-state index in [9.17, 15) is 9.90 Å². The Morgan fingerprint density at radius 2 is 1.95 bits per heavy atom. The molecule has 0 spiro atoms. The molecule has 4 nitrogen and oxygen atoms in total. The molecule has 0 unspecified atom stereocenters. The van der Waals surface area contributed by atoms with Crippen molar-refractivity contribution >= 4 is 34.8 Å². The number of aryl methyl sites for hydroxylation is 1. The molecule has 0 fully saturated rings. The molecule has 2 aromatic heterocycles. The number of imidazole rings is 1. The molecule has 21 heavy (non-hydrogen) atoms. The van der Waals surface area contributed by atoms with Gasteiger partial charge in [-0.05, 0) is 36.8 Å². The number of hydrogen-bond acceptors (Lipinski definition) is 2. The molecule has 0 aliphatic heterocycles. The van der Waals surface area contributed by atoms with Crippen molar-refractivity contribution in [3.63, 3.8) is 0 Å². The van der Waals surface area contributed by atoms with Crippen molar-refractivity contribution in [3.8, 4) is 11.3 Å². The maximum atomic E-state index is 11.6. The SMILES string of the molecule is Cc1ccn2c(C(=O)O)c(-c3ccc(Cl)c(Cl)c3)nc2c1. The quantitative estimate of drug-likeness (QED) is 0.765. The van der Waals surface area contributed by atoms with E-state index in [0.717, 1.165) is 5.56 Å². The molecule has 0 atom stereocenters. The van der Waals surface area contributed by atoms with Crippen molar-refractivity contribution in [3.05, 3.63) is 57.8 Å². The van der Waals surface area contributed by atoms with Crippen LogP contribution in [-0.4, -0.2) is 20.5 Å². The average molecular weight is 321 g/mol. The van der Waals surface area contributed by atoms with Crippen LogP contribution in [-0.2, 0) is 0 Å². The van der Waals surface area contributed by atoms with Crippen LogP contribution in [0.2, 0.25) is 10.0 Å². The van der Waals surface area contributed by atoms with Gasteiger partial charge in [-0.25, -0.2) is 9.78 Å². The summed E-state index contributed by atoms with van der Waals surface area (Å²) >= 11 is 11.9. The van der Waals surface area contributed by atoms with E-state index < -0.39 is 5.97 Å². The zero-order valence-corrected chi connectivity index (χ0v) is 12.5. The Morgan fingerprint density at radius 1 is 1.19 bits per heavy atom. The Balaban J connectivity index is 2.33. The lowest BCUT2D eigenvalue weighted by molar-refractivity contribution is 0.0690. The molecule has 1 N–H and O–H groups in total. The van der Waals surface area contributed by atoms with Crippen LogP contribution in [0.4, 0.5) is 0 Å². The Morgan fingerprint density at radius 3 is 2.62 bits per heavy atom. The molecular weight excluding hydrogens is 311 g/mol. The molecule has 0 amide bonds. The number of carboxylic acids is 1. The van der Waals surface area contributed by atoms with Gasteiger partial charge in [0.15, 0.2) is 5.69 Å². The van der Waals surface area contributed by atoms with Crippen LogP contribution in [0.1, 0.15) is 16.1 Å². The lowest BCUT2D eigenvalue weighted by atomic mass is 10.1. The van der Waals surface area contributed by atoms with Crippen LogP contribution in [0.15, 0.2) is 36.5 Å². The van der Waals surface area contributed by atoms with Gasteiger partial charge in [-0.3, -0.25) is 4.40 Å². The summed E-state index contributed by atoms with van der Waals surface area (Å²) in [5.74, 6) is -1.05. The fourth-order valence-corrected chi connectivity index (χ4v) is 2.49. The zero-order valence-electron chi connectivity index (χ0n) is 11.0. The van der Waals surface area contributed by atoms with Gasteiger partial charge < -0.3 is 5.11 Å². The third-order valence-corrected chi connectivity index (χ3v) is 3.92. The summed E-state index contributed by atoms with van der Waals surface area (Å²) in [7, 11) is 0. The third-order valence-electron chi connectivity index (χ3n) is 3.18. The number of fused-ring (bicyclic) bond motifs is 1. The van der Waals surface area contributed by atoms with E-state index >= 15 is 0 Å². The second-order valence-corrected chi connectivity index (χ2v) is 5.49. The Hall–Kier alpha value is -2.04. The molecule has 0 aliphatic carbocycles. The molecule has 0 radical (unpaired) electrons. The fraction of sp³-hybridized carbons (Fsp3) is 0.0667. The predicted octanol–water partition coefficient (Wildman–Crippen LogP) is 4.31. The molecule has 6 heteroatoms.